The number of hydrogen-bond acceptors (Lipinski definition) is 3. The summed E-state index contributed by atoms with van der Waals surface area (Å²) < 4.78 is 10.3. The molecular weight excluding hydrogens is 348 g/mol. The molecule has 0 N–H and O–H groups in total. The lowest BCUT2D eigenvalue weighted by atomic mass is 9.76. The first kappa shape index (κ1) is 19.7. The van der Waals surface area contributed by atoms with Gasteiger partial charge in [0.1, 0.15) is 5.75 Å². The molecule has 0 atom stereocenters. The summed E-state index contributed by atoms with van der Waals surface area (Å²) in [5, 5.41) is 0. The highest BCUT2D eigenvalue weighted by Gasteiger charge is 2.35. The molecule has 0 radical (unpaired) electrons. The molecule has 2 aromatic rings. The monoisotopic (exact) mass is 374 g/mol. The quantitative estimate of drug-likeness (QED) is 0.654. The Balaban J connectivity index is 2.04. The maximum atomic E-state index is 12.1. The molecule has 0 spiro atoms. The van der Waals surface area contributed by atoms with Gasteiger partial charge in [-0.15, -0.1) is 0 Å². The van der Waals surface area contributed by atoms with Crippen molar-refractivity contribution in [3.05, 3.63) is 95.6 Å². The van der Waals surface area contributed by atoms with Crippen molar-refractivity contribution >= 4 is 11.5 Å². The Hall–Kier alpha value is -3.07. The third kappa shape index (κ3) is 3.94. The number of rotatable bonds is 5. The first-order valence-electron chi connectivity index (χ1n) is 9.36. The Labute approximate surface area is 167 Å². The number of benzene rings is 2. The molecule has 0 amide bonds. The van der Waals surface area contributed by atoms with E-state index in [1.54, 1.807) is 7.11 Å². The van der Waals surface area contributed by atoms with Crippen LogP contribution in [-0.4, -0.2) is 20.2 Å². The standard InChI is InChI=1S/C25H26O3/c1-25(2,24(26)28-4)21-14-10-19(11-15-21)23(18-8-6-5-7-9-18)20-12-16-22(27-3)17-13-20/h5-17,21H,1-4H3. The lowest BCUT2D eigenvalue weighted by molar-refractivity contribution is -0.152. The van der Waals surface area contributed by atoms with Gasteiger partial charge in [0.2, 0.25) is 0 Å². The zero-order chi connectivity index (χ0) is 20.1. The zero-order valence-electron chi connectivity index (χ0n) is 16.8. The van der Waals surface area contributed by atoms with Gasteiger partial charge in [-0.25, -0.2) is 0 Å². The minimum atomic E-state index is -0.611. The van der Waals surface area contributed by atoms with Crippen molar-refractivity contribution < 1.29 is 14.3 Å². The molecule has 3 heteroatoms. The summed E-state index contributed by atoms with van der Waals surface area (Å²) in [5.74, 6) is 0.602. The van der Waals surface area contributed by atoms with Gasteiger partial charge >= 0.3 is 5.97 Å². The Bertz CT molecular complexity index is 900. The van der Waals surface area contributed by atoms with E-state index in [0.717, 1.165) is 28.0 Å². The van der Waals surface area contributed by atoms with Gasteiger partial charge in [-0.1, -0.05) is 66.8 Å². The molecule has 0 heterocycles. The molecule has 28 heavy (non-hydrogen) atoms. The van der Waals surface area contributed by atoms with E-state index in [2.05, 4.69) is 48.6 Å². The van der Waals surface area contributed by atoms with Crippen LogP contribution in [0.15, 0.2) is 84.5 Å². The summed E-state index contributed by atoms with van der Waals surface area (Å²) in [6, 6.07) is 18.4. The van der Waals surface area contributed by atoms with E-state index in [-0.39, 0.29) is 11.9 Å². The normalized spacial score (nSPS) is 16.0. The molecule has 2 aromatic carbocycles. The summed E-state index contributed by atoms with van der Waals surface area (Å²) in [6.45, 7) is 3.82. The van der Waals surface area contributed by atoms with Crippen LogP contribution in [0.1, 0.15) is 25.0 Å². The van der Waals surface area contributed by atoms with Gasteiger partial charge in [0.05, 0.1) is 19.6 Å². The fraction of sp³-hybridized carbons (Fsp3) is 0.240. The van der Waals surface area contributed by atoms with Crippen LogP contribution in [0.3, 0.4) is 0 Å². The molecule has 3 nitrogen and oxygen atoms in total. The summed E-state index contributed by atoms with van der Waals surface area (Å²) in [6.07, 6.45) is 8.36. The van der Waals surface area contributed by atoms with Gasteiger partial charge in [0.15, 0.2) is 0 Å². The molecule has 0 unspecified atom stereocenters. The number of allylic oxidation sites excluding steroid dienone is 5. The van der Waals surface area contributed by atoms with Gasteiger partial charge in [-0.3, -0.25) is 4.79 Å². The summed E-state index contributed by atoms with van der Waals surface area (Å²) in [4.78, 5) is 12.1. The van der Waals surface area contributed by atoms with Crippen molar-refractivity contribution in [1.29, 1.82) is 0 Å². The van der Waals surface area contributed by atoms with Crippen LogP contribution in [-0.2, 0) is 9.53 Å². The first-order chi connectivity index (χ1) is 13.5. The molecule has 144 valence electrons. The highest BCUT2D eigenvalue weighted by atomic mass is 16.5. The van der Waals surface area contributed by atoms with Crippen LogP contribution in [0, 0.1) is 11.3 Å². The van der Waals surface area contributed by atoms with Gasteiger partial charge in [-0.05, 0) is 48.3 Å². The fourth-order valence-electron chi connectivity index (χ4n) is 3.44. The smallest absolute Gasteiger partial charge is 0.312 e. The number of methoxy groups -OCH3 is 2. The topological polar surface area (TPSA) is 35.5 Å². The van der Waals surface area contributed by atoms with Crippen LogP contribution >= 0.6 is 0 Å². The van der Waals surface area contributed by atoms with Gasteiger partial charge in [0, 0.05) is 5.92 Å². The average Bonchev–Trinajstić information content (AvgIpc) is 2.75. The molecule has 0 fully saturated rings. The maximum Gasteiger partial charge on any atom is 0.312 e. The Kier molecular flexibility index (Phi) is 5.84. The molecule has 0 bridgehead atoms. The van der Waals surface area contributed by atoms with Crippen molar-refractivity contribution in [3.8, 4) is 5.75 Å². The predicted octanol–water partition coefficient (Wildman–Crippen LogP) is 5.44. The van der Waals surface area contributed by atoms with Gasteiger partial charge in [0.25, 0.3) is 0 Å². The molecule has 1 aliphatic carbocycles. The summed E-state index contributed by atoms with van der Waals surface area (Å²) in [7, 11) is 3.10. The second kappa shape index (κ2) is 8.30. The first-order valence-corrected chi connectivity index (χ1v) is 9.36. The van der Waals surface area contributed by atoms with Crippen LogP contribution in [0.25, 0.3) is 5.57 Å². The second-order valence-electron chi connectivity index (χ2n) is 7.38. The second-order valence-corrected chi connectivity index (χ2v) is 7.38. The summed E-state index contributed by atoms with van der Waals surface area (Å²) in [5.41, 5.74) is 3.89. The molecule has 1 aliphatic rings. The third-order valence-corrected chi connectivity index (χ3v) is 5.24. The molecule has 0 saturated heterocycles. The maximum absolute atomic E-state index is 12.1. The highest BCUT2D eigenvalue weighted by Crippen LogP contribution is 2.36. The van der Waals surface area contributed by atoms with E-state index in [9.17, 15) is 4.79 Å². The van der Waals surface area contributed by atoms with Gasteiger partial charge < -0.3 is 9.47 Å². The number of hydrogen-bond donors (Lipinski definition) is 0. The average molecular weight is 374 g/mol. The van der Waals surface area contributed by atoms with Crippen molar-refractivity contribution in [1.82, 2.24) is 0 Å². The van der Waals surface area contributed by atoms with E-state index >= 15 is 0 Å². The molecule has 0 aliphatic heterocycles. The Morgan fingerprint density at radius 2 is 1.43 bits per heavy atom. The Morgan fingerprint density at radius 1 is 0.857 bits per heavy atom. The number of carbonyl (C=O) groups excluding carboxylic acids is 1. The number of carbonyl (C=O) groups is 1. The SMILES string of the molecule is COC(=O)C(C)(C)C1C=CC(=C(c2ccccc2)c2ccc(OC)cc2)C=C1. The molecule has 3 rings (SSSR count). The van der Waals surface area contributed by atoms with E-state index in [4.69, 9.17) is 9.47 Å². The fourth-order valence-corrected chi connectivity index (χ4v) is 3.44. The van der Waals surface area contributed by atoms with Crippen LogP contribution in [0.4, 0.5) is 0 Å². The third-order valence-electron chi connectivity index (χ3n) is 5.24. The van der Waals surface area contributed by atoms with Crippen molar-refractivity contribution in [2.45, 2.75) is 13.8 Å². The van der Waals surface area contributed by atoms with Crippen molar-refractivity contribution in [2.75, 3.05) is 14.2 Å². The summed E-state index contributed by atoms with van der Waals surface area (Å²) >= 11 is 0. The van der Waals surface area contributed by atoms with Crippen LogP contribution in [0.2, 0.25) is 0 Å². The lowest BCUT2D eigenvalue weighted by Crippen LogP contribution is -2.32. The van der Waals surface area contributed by atoms with Crippen LogP contribution in [0.5, 0.6) is 5.75 Å². The van der Waals surface area contributed by atoms with E-state index in [0.29, 0.717) is 0 Å². The lowest BCUT2D eigenvalue weighted by Gasteiger charge is -2.29. The van der Waals surface area contributed by atoms with E-state index in [1.807, 2.05) is 44.2 Å². The van der Waals surface area contributed by atoms with Crippen molar-refractivity contribution in [3.63, 3.8) is 0 Å². The minimum Gasteiger partial charge on any atom is -0.497 e. The zero-order valence-corrected chi connectivity index (χ0v) is 16.8. The highest BCUT2D eigenvalue weighted by molar-refractivity contribution is 5.86. The number of ether oxygens (including phenoxy) is 2. The van der Waals surface area contributed by atoms with Crippen LogP contribution < -0.4 is 4.74 Å². The molecule has 0 aromatic heterocycles. The number of esters is 1. The van der Waals surface area contributed by atoms with E-state index in [1.165, 1.54) is 7.11 Å². The minimum absolute atomic E-state index is 0.0170. The Morgan fingerprint density at radius 3 is 1.96 bits per heavy atom. The molecule has 0 saturated carbocycles. The van der Waals surface area contributed by atoms with Crippen molar-refractivity contribution in [2.24, 2.45) is 11.3 Å². The largest absolute Gasteiger partial charge is 0.497 e. The van der Waals surface area contributed by atoms with E-state index < -0.39 is 5.41 Å². The van der Waals surface area contributed by atoms with Gasteiger partial charge in [-0.2, -0.15) is 0 Å². The molecular formula is C25H26O3. The predicted molar refractivity (Wildman–Crippen MR) is 113 cm³/mol.